The lowest BCUT2D eigenvalue weighted by Crippen LogP contribution is -2.40. The van der Waals surface area contributed by atoms with E-state index in [0.29, 0.717) is 13.2 Å². The highest BCUT2D eigenvalue weighted by molar-refractivity contribution is 7.89. The number of ketones is 1. The third-order valence-corrected chi connectivity index (χ3v) is 5.67. The van der Waals surface area contributed by atoms with Gasteiger partial charge in [0, 0.05) is 20.0 Å². The minimum atomic E-state index is -3.78. The molecule has 2 amide bonds. The number of imide groups is 1. The Bertz CT molecular complexity index is 811. The van der Waals surface area contributed by atoms with Crippen LogP contribution in [0.15, 0.2) is 23.1 Å². The number of nitrogens with zero attached hydrogens (tertiary/aromatic N) is 2. The van der Waals surface area contributed by atoms with Gasteiger partial charge in [-0.3, -0.25) is 14.4 Å². The Morgan fingerprint density at radius 2 is 1.83 bits per heavy atom. The summed E-state index contributed by atoms with van der Waals surface area (Å²) in [7, 11) is -3.78. The summed E-state index contributed by atoms with van der Waals surface area (Å²) < 4.78 is 31.6. The van der Waals surface area contributed by atoms with Gasteiger partial charge in [-0.15, -0.1) is 0 Å². The molecule has 0 aliphatic carbocycles. The molecule has 0 aromatic heterocycles. The van der Waals surface area contributed by atoms with Gasteiger partial charge in [0.25, 0.3) is 5.78 Å². The molecule has 0 saturated carbocycles. The van der Waals surface area contributed by atoms with Crippen LogP contribution >= 0.6 is 0 Å². The molecule has 2 aliphatic rings. The summed E-state index contributed by atoms with van der Waals surface area (Å²) in [5.41, 5.74) is 0.0490. The summed E-state index contributed by atoms with van der Waals surface area (Å²) >= 11 is 0. The van der Waals surface area contributed by atoms with E-state index in [-0.39, 0.29) is 29.2 Å². The predicted octanol–water partition coefficient (Wildman–Crippen LogP) is -0.217. The molecule has 1 aromatic carbocycles. The fraction of sp³-hybridized carbons (Fsp3) is 0.357. The molecule has 3 rings (SSSR count). The van der Waals surface area contributed by atoms with E-state index in [2.05, 4.69) is 0 Å². The van der Waals surface area contributed by atoms with Gasteiger partial charge in [-0.1, -0.05) is 0 Å². The molecular formula is C14H14N2O6S. The summed E-state index contributed by atoms with van der Waals surface area (Å²) in [5.74, 6) is -2.44. The van der Waals surface area contributed by atoms with Crippen LogP contribution in [0.2, 0.25) is 0 Å². The van der Waals surface area contributed by atoms with Crippen LogP contribution in [0.4, 0.5) is 5.69 Å². The minimum Gasteiger partial charge on any atom is -0.379 e. The smallest absolute Gasteiger partial charge is 0.306 e. The van der Waals surface area contributed by atoms with E-state index in [1.165, 1.54) is 23.4 Å². The third kappa shape index (κ3) is 2.46. The van der Waals surface area contributed by atoms with E-state index < -0.39 is 27.6 Å². The predicted molar refractivity (Wildman–Crippen MR) is 78.5 cm³/mol. The van der Waals surface area contributed by atoms with Crippen molar-refractivity contribution in [2.45, 2.75) is 11.8 Å². The van der Waals surface area contributed by atoms with Crippen molar-refractivity contribution < 1.29 is 27.5 Å². The topological polar surface area (TPSA) is 101 Å². The maximum absolute atomic E-state index is 12.6. The lowest BCUT2D eigenvalue weighted by Gasteiger charge is -2.26. The molecule has 122 valence electrons. The summed E-state index contributed by atoms with van der Waals surface area (Å²) in [5, 5.41) is 0. The van der Waals surface area contributed by atoms with E-state index in [0.717, 1.165) is 11.0 Å². The zero-order valence-corrected chi connectivity index (χ0v) is 13.1. The van der Waals surface area contributed by atoms with Crippen LogP contribution < -0.4 is 4.90 Å². The van der Waals surface area contributed by atoms with Crippen molar-refractivity contribution in [3.63, 3.8) is 0 Å². The quantitative estimate of drug-likeness (QED) is 0.691. The van der Waals surface area contributed by atoms with Gasteiger partial charge in [0.15, 0.2) is 0 Å². The first-order valence-electron chi connectivity index (χ1n) is 6.95. The molecule has 1 saturated heterocycles. The van der Waals surface area contributed by atoms with Crippen LogP contribution in [0.1, 0.15) is 17.3 Å². The highest BCUT2D eigenvalue weighted by atomic mass is 32.2. The number of hydrogen-bond acceptors (Lipinski definition) is 6. The summed E-state index contributed by atoms with van der Waals surface area (Å²) in [4.78, 5) is 36.0. The molecule has 0 N–H and O–H groups in total. The Kier molecular flexibility index (Phi) is 3.78. The normalized spacial score (nSPS) is 19.1. The average molecular weight is 338 g/mol. The van der Waals surface area contributed by atoms with Gasteiger partial charge in [-0.05, 0) is 18.2 Å². The minimum absolute atomic E-state index is 0.0699. The monoisotopic (exact) mass is 338 g/mol. The third-order valence-electron chi connectivity index (χ3n) is 3.77. The van der Waals surface area contributed by atoms with E-state index in [1.807, 2.05) is 0 Å². The molecule has 2 heterocycles. The molecule has 1 fully saturated rings. The zero-order chi connectivity index (χ0) is 16.8. The number of ether oxygens (including phenoxy) is 1. The molecule has 0 unspecified atom stereocenters. The molecule has 0 atom stereocenters. The number of morpholine rings is 1. The summed E-state index contributed by atoms with van der Waals surface area (Å²) in [6.45, 7) is 2.23. The van der Waals surface area contributed by atoms with Crippen LogP contribution in [-0.2, 0) is 24.3 Å². The van der Waals surface area contributed by atoms with Gasteiger partial charge in [0.05, 0.1) is 29.4 Å². The molecule has 9 heteroatoms. The van der Waals surface area contributed by atoms with Crippen molar-refractivity contribution in [1.29, 1.82) is 0 Å². The van der Waals surface area contributed by atoms with Crippen molar-refractivity contribution in [2.24, 2.45) is 0 Å². The Balaban J connectivity index is 2.04. The maximum Gasteiger partial charge on any atom is 0.306 e. The number of hydrogen-bond donors (Lipinski definition) is 0. The fourth-order valence-electron chi connectivity index (χ4n) is 2.63. The van der Waals surface area contributed by atoms with Crippen molar-refractivity contribution in [2.75, 3.05) is 31.2 Å². The van der Waals surface area contributed by atoms with Crippen molar-refractivity contribution >= 4 is 33.3 Å². The molecule has 0 spiro atoms. The Hall–Kier alpha value is -2.10. The largest absolute Gasteiger partial charge is 0.379 e. The molecule has 23 heavy (non-hydrogen) atoms. The maximum atomic E-state index is 12.6. The lowest BCUT2D eigenvalue weighted by molar-refractivity contribution is -0.122. The second-order valence-corrected chi connectivity index (χ2v) is 7.12. The van der Waals surface area contributed by atoms with Gasteiger partial charge in [0.1, 0.15) is 0 Å². The van der Waals surface area contributed by atoms with Crippen LogP contribution in [0.3, 0.4) is 0 Å². The second-order valence-electron chi connectivity index (χ2n) is 5.18. The van der Waals surface area contributed by atoms with E-state index in [4.69, 9.17) is 4.74 Å². The molecule has 8 nitrogen and oxygen atoms in total. The molecule has 1 aromatic rings. The lowest BCUT2D eigenvalue weighted by atomic mass is 10.1. The number of sulfonamides is 1. The first kappa shape index (κ1) is 15.8. The Morgan fingerprint density at radius 3 is 2.43 bits per heavy atom. The summed E-state index contributed by atoms with van der Waals surface area (Å²) in [6.07, 6.45) is 0. The Morgan fingerprint density at radius 1 is 1.17 bits per heavy atom. The van der Waals surface area contributed by atoms with Crippen molar-refractivity contribution in [3.8, 4) is 0 Å². The number of benzene rings is 1. The van der Waals surface area contributed by atoms with E-state index in [1.54, 1.807) is 0 Å². The number of Topliss-reactive ketones (excluding diaryl/α,β-unsaturated/α-hetero) is 1. The Labute approximate surface area is 132 Å². The van der Waals surface area contributed by atoms with Gasteiger partial charge >= 0.3 is 5.91 Å². The second kappa shape index (κ2) is 5.52. The number of carbonyl (C=O) groups is 3. The van der Waals surface area contributed by atoms with Gasteiger partial charge in [0.2, 0.25) is 15.9 Å². The average Bonchev–Trinajstić information content (AvgIpc) is 2.79. The molecule has 0 bridgehead atoms. The fourth-order valence-corrected chi connectivity index (χ4v) is 4.06. The van der Waals surface area contributed by atoms with Crippen LogP contribution in [-0.4, -0.2) is 56.6 Å². The molecule has 2 aliphatic heterocycles. The van der Waals surface area contributed by atoms with Crippen LogP contribution in [0.5, 0.6) is 0 Å². The van der Waals surface area contributed by atoms with E-state index >= 15 is 0 Å². The van der Waals surface area contributed by atoms with Crippen LogP contribution in [0.25, 0.3) is 0 Å². The number of carbonyl (C=O) groups excluding carboxylic acids is 3. The van der Waals surface area contributed by atoms with Gasteiger partial charge in [-0.25, -0.2) is 13.3 Å². The van der Waals surface area contributed by atoms with Gasteiger partial charge in [-0.2, -0.15) is 4.31 Å². The number of amides is 2. The first-order chi connectivity index (χ1) is 10.8. The first-order valence-corrected chi connectivity index (χ1v) is 8.39. The van der Waals surface area contributed by atoms with Crippen molar-refractivity contribution in [1.82, 2.24) is 4.31 Å². The van der Waals surface area contributed by atoms with E-state index in [9.17, 15) is 22.8 Å². The van der Waals surface area contributed by atoms with Crippen molar-refractivity contribution in [3.05, 3.63) is 23.8 Å². The highest BCUT2D eigenvalue weighted by Gasteiger charge is 2.39. The molecular weight excluding hydrogens is 324 g/mol. The highest BCUT2D eigenvalue weighted by Crippen LogP contribution is 2.32. The number of fused-ring (bicyclic) bond motifs is 1. The SMILES string of the molecule is CC(=O)N1C(=O)C(=O)c2cc(S(=O)(=O)N3CCOCC3)ccc21. The van der Waals surface area contributed by atoms with Gasteiger partial charge < -0.3 is 4.74 Å². The van der Waals surface area contributed by atoms with Crippen LogP contribution in [0, 0.1) is 0 Å². The zero-order valence-electron chi connectivity index (χ0n) is 12.3. The number of rotatable bonds is 2. The summed E-state index contributed by atoms with van der Waals surface area (Å²) in [6, 6.07) is 3.77. The molecule has 0 radical (unpaired) electrons. The standard InChI is InChI=1S/C14H14N2O6S/c1-9(17)16-12-3-2-10(8-11(12)13(18)14(16)19)23(20,21)15-4-6-22-7-5-15/h2-3,8H,4-7H2,1H3. The number of anilines is 1.